The molecule has 1 aliphatic rings. The van der Waals surface area contributed by atoms with E-state index >= 15 is 0 Å². The first-order valence-electron chi connectivity index (χ1n) is 9.34. The van der Waals surface area contributed by atoms with Crippen molar-refractivity contribution >= 4 is 35.1 Å². The van der Waals surface area contributed by atoms with Crippen LogP contribution in [-0.4, -0.2) is 43.1 Å². The van der Waals surface area contributed by atoms with E-state index in [4.69, 9.17) is 32.7 Å². The molecule has 0 bridgehead atoms. The van der Waals surface area contributed by atoms with Crippen LogP contribution in [0.4, 0.5) is 8.78 Å². The molecule has 5 nitrogen and oxygen atoms in total. The van der Waals surface area contributed by atoms with Gasteiger partial charge in [-0.2, -0.15) is 0 Å². The zero-order valence-corrected chi connectivity index (χ0v) is 17.4. The van der Waals surface area contributed by atoms with Crippen molar-refractivity contribution in [2.75, 3.05) is 26.3 Å². The van der Waals surface area contributed by atoms with Gasteiger partial charge in [-0.1, -0.05) is 23.2 Å². The van der Waals surface area contributed by atoms with Crippen LogP contribution in [0.5, 0.6) is 5.75 Å². The third-order valence-electron chi connectivity index (χ3n) is 4.76. The molecule has 0 radical (unpaired) electrons. The number of ether oxygens (including phenoxy) is 2. The number of likely N-dealkylation sites (tertiary alicyclic amines) is 1. The molecule has 30 heavy (non-hydrogen) atoms. The van der Waals surface area contributed by atoms with Crippen molar-refractivity contribution in [1.82, 2.24) is 4.90 Å². The molecule has 0 aromatic heterocycles. The quantitative estimate of drug-likeness (QED) is 0.464. The fraction of sp³-hybridized carbons (Fsp3) is 0.333. The van der Waals surface area contributed by atoms with E-state index in [-0.39, 0.29) is 43.8 Å². The Bertz CT molecular complexity index is 933. The van der Waals surface area contributed by atoms with Crippen molar-refractivity contribution < 1.29 is 27.8 Å². The molecule has 2 aromatic carbocycles. The van der Waals surface area contributed by atoms with Gasteiger partial charge < -0.3 is 14.4 Å². The Morgan fingerprint density at radius 2 is 1.77 bits per heavy atom. The second-order valence-electron chi connectivity index (χ2n) is 6.78. The van der Waals surface area contributed by atoms with Crippen LogP contribution in [0.2, 0.25) is 10.0 Å². The van der Waals surface area contributed by atoms with Crippen LogP contribution in [0.15, 0.2) is 36.4 Å². The topological polar surface area (TPSA) is 55.8 Å². The summed E-state index contributed by atoms with van der Waals surface area (Å²) >= 11 is 11.8. The number of hydrogen-bond donors (Lipinski definition) is 0. The maximum Gasteiger partial charge on any atom is 0.309 e. The fourth-order valence-electron chi connectivity index (χ4n) is 3.16. The first-order chi connectivity index (χ1) is 14.3. The minimum absolute atomic E-state index is 0.0533. The van der Waals surface area contributed by atoms with Gasteiger partial charge in [0, 0.05) is 24.2 Å². The molecular weight excluding hydrogens is 439 g/mol. The highest BCUT2D eigenvalue weighted by molar-refractivity contribution is 6.35. The van der Waals surface area contributed by atoms with Crippen molar-refractivity contribution in [2.24, 2.45) is 5.92 Å². The van der Waals surface area contributed by atoms with E-state index in [1.54, 1.807) is 18.2 Å². The molecule has 1 heterocycles. The Hall–Kier alpha value is -2.38. The number of esters is 1. The lowest BCUT2D eigenvalue weighted by atomic mass is 9.96. The van der Waals surface area contributed by atoms with Gasteiger partial charge in [0.25, 0.3) is 5.91 Å². The van der Waals surface area contributed by atoms with Gasteiger partial charge in [0.2, 0.25) is 0 Å². The molecule has 0 saturated carbocycles. The summed E-state index contributed by atoms with van der Waals surface area (Å²) < 4.78 is 37.5. The number of benzene rings is 2. The second kappa shape index (κ2) is 10.1. The van der Waals surface area contributed by atoms with E-state index in [9.17, 15) is 18.4 Å². The summed E-state index contributed by atoms with van der Waals surface area (Å²) in [5.74, 6) is -2.45. The highest BCUT2D eigenvalue weighted by Gasteiger charge is 2.29. The number of carbonyl (C=O) groups is 2. The smallest absolute Gasteiger partial charge is 0.309 e. The molecule has 0 N–H and O–H groups in total. The van der Waals surface area contributed by atoms with Gasteiger partial charge in [-0.05, 0) is 43.2 Å². The van der Waals surface area contributed by atoms with Crippen LogP contribution < -0.4 is 4.74 Å². The molecule has 2 aromatic rings. The van der Waals surface area contributed by atoms with Crippen molar-refractivity contribution in [3.05, 3.63) is 63.6 Å². The number of nitrogens with zero attached hydrogens (tertiary/aromatic N) is 1. The summed E-state index contributed by atoms with van der Waals surface area (Å²) in [5, 5.41) is 0.856. The van der Waals surface area contributed by atoms with Crippen LogP contribution in [0.3, 0.4) is 0 Å². The fourth-order valence-corrected chi connectivity index (χ4v) is 3.62. The number of rotatable bonds is 6. The van der Waals surface area contributed by atoms with Crippen molar-refractivity contribution in [3.8, 4) is 5.75 Å². The van der Waals surface area contributed by atoms with Gasteiger partial charge in [0.15, 0.2) is 0 Å². The molecule has 0 aliphatic carbocycles. The lowest BCUT2D eigenvalue weighted by molar-refractivity contribution is -0.150. The number of amides is 1. The Morgan fingerprint density at radius 3 is 2.43 bits per heavy atom. The van der Waals surface area contributed by atoms with Crippen molar-refractivity contribution in [1.29, 1.82) is 0 Å². The predicted molar refractivity (Wildman–Crippen MR) is 108 cm³/mol. The third-order valence-corrected chi connectivity index (χ3v) is 5.29. The lowest BCUT2D eigenvalue weighted by Crippen LogP contribution is -2.41. The number of piperidine rings is 1. The predicted octanol–water partition coefficient (Wildman–Crippen LogP) is 4.75. The van der Waals surface area contributed by atoms with E-state index in [1.165, 1.54) is 4.90 Å². The van der Waals surface area contributed by atoms with E-state index < -0.39 is 17.5 Å². The maximum atomic E-state index is 13.8. The molecule has 0 spiro atoms. The number of hydrogen-bond acceptors (Lipinski definition) is 4. The molecule has 0 unspecified atom stereocenters. The second-order valence-corrected chi connectivity index (χ2v) is 7.62. The Morgan fingerprint density at radius 1 is 1.03 bits per heavy atom. The van der Waals surface area contributed by atoms with Gasteiger partial charge in [0.05, 0.1) is 16.5 Å². The van der Waals surface area contributed by atoms with Crippen LogP contribution in [0.25, 0.3) is 0 Å². The molecule has 160 valence electrons. The average molecular weight is 458 g/mol. The van der Waals surface area contributed by atoms with Crippen molar-refractivity contribution in [3.63, 3.8) is 0 Å². The molecule has 1 saturated heterocycles. The summed E-state index contributed by atoms with van der Waals surface area (Å²) in [6.45, 7) is 0.755. The largest absolute Gasteiger partial charge is 0.488 e. The Kier molecular flexibility index (Phi) is 7.50. The first-order valence-corrected chi connectivity index (χ1v) is 10.1. The minimum Gasteiger partial charge on any atom is -0.488 e. The van der Waals surface area contributed by atoms with Crippen LogP contribution in [-0.2, 0) is 9.53 Å². The molecular formula is C21H19Cl2F2NO4. The summed E-state index contributed by atoms with van der Waals surface area (Å²) in [4.78, 5) is 26.1. The monoisotopic (exact) mass is 457 g/mol. The van der Waals surface area contributed by atoms with E-state index in [2.05, 4.69) is 0 Å². The first kappa shape index (κ1) is 22.3. The van der Waals surface area contributed by atoms with Gasteiger partial charge in [-0.3, -0.25) is 9.59 Å². The lowest BCUT2D eigenvalue weighted by Gasteiger charge is -2.31. The highest BCUT2D eigenvalue weighted by atomic mass is 35.5. The van der Waals surface area contributed by atoms with Crippen molar-refractivity contribution in [2.45, 2.75) is 12.8 Å². The van der Waals surface area contributed by atoms with E-state index in [1.807, 2.05) is 0 Å². The van der Waals surface area contributed by atoms with Crippen LogP contribution in [0, 0.1) is 17.6 Å². The Labute approximate surface area is 182 Å². The summed E-state index contributed by atoms with van der Waals surface area (Å²) in [6, 6.07) is 7.67. The van der Waals surface area contributed by atoms with Gasteiger partial charge >= 0.3 is 5.97 Å². The third kappa shape index (κ3) is 5.61. The SMILES string of the molecule is O=C(OCCOc1ccc(Cl)cc1Cl)C1CCN(C(=O)c2ccc(F)cc2F)CC1. The van der Waals surface area contributed by atoms with Gasteiger partial charge in [-0.15, -0.1) is 0 Å². The summed E-state index contributed by atoms with van der Waals surface area (Å²) in [6.07, 6.45) is 0.800. The minimum atomic E-state index is -0.901. The number of halogens is 4. The van der Waals surface area contributed by atoms with E-state index in [0.29, 0.717) is 34.7 Å². The maximum absolute atomic E-state index is 13.8. The standard InChI is InChI=1S/C21H19Cl2F2NO4/c22-14-1-4-19(17(23)11-14)29-9-10-30-21(28)13-5-7-26(8-6-13)20(27)16-3-2-15(24)12-18(16)25/h1-4,11-13H,5-10H2. The van der Waals surface area contributed by atoms with Crippen LogP contribution >= 0.6 is 23.2 Å². The van der Waals surface area contributed by atoms with E-state index in [0.717, 1.165) is 12.1 Å². The van der Waals surface area contributed by atoms with Crippen LogP contribution in [0.1, 0.15) is 23.2 Å². The summed E-state index contributed by atoms with van der Waals surface area (Å²) in [7, 11) is 0. The van der Waals surface area contributed by atoms with Gasteiger partial charge in [0.1, 0.15) is 30.6 Å². The molecule has 9 heteroatoms. The highest BCUT2D eigenvalue weighted by Crippen LogP contribution is 2.27. The normalized spacial score (nSPS) is 14.5. The average Bonchev–Trinajstić information content (AvgIpc) is 2.72. The molecule has 3 rings (SSSR count). The molecule has 1 fully saturated rings. The Balaban J connectivity index is 1.42. The molecule has 1 amide bonds. The number of carbonyl (C=O) groups excluding carboxylic acids is 2. The zero-order valence-electron chi connectivity index (χ0n) is 15.9. The molecule has 0 atom stereocenters. The van der Waals surface area contributed by atoms with Gasteiger partial charge in [-0.25, -0.2) is 8.78 Å². The zero-order chi connectivity index (χ0) is 21.7. The molecule has 1 aliphatic heterocycles. The summed E-state index contributed by atoms with van der Waals surface area (Å²) in [5.41, 5.74) is -0.185.